The van der Waals surface area contributed by atoms with Gasteiger partial charge in [0.1, 0.15) is 11.5 Å². The molecule has 2 N–H and O–H groups in total. The molecule has 6 heteroatoms. The van der Waals surface area contributed by atoms with Gasteiger partial charge < -0.3 is 9.47 Å². The first-order chi connectivity index (χ1) is 13.5. The number of ether oxygens (including phenoxy) is 2. The van der Waals surface area contributed by atoms with Crippen LogP contribution < -0.4 is 20.3 Å². The van der Waals surface area contributed by atoms with Gasteiger partial charge in [0.15, 0.2) is 6.10 Å². The predicted molar refractivity (Wildman–Crippen MR) is 108 cm³/mol. The number of rotatable bonds is 9. The summed E-state index contributed by atoms with van der Waals surface area (Å²) >= 11 is 0. The molecule has 6 nitrogen and oxygen atoms in total. The normalized spacial score (nSPS) is 11.4. The molecule has 0 aromatic heterocycles. The van der Waals surface area contributed by atoms with Gasteiger partial charge in [0.2, 0.25) is 5.91 Å². The molecule has 0 heterocycles. The number of benzene rings is 2. The van der Waals surface area contributed by atoms with E-state index in [1.165, 1.54) is 5.56 Å². The second-order valence-corrected chi connectivity index (χ2v) is 6.37. The van der Waals surface area contributed by atoms with Crippen LogP contribution in [0.2, 0.25) is 0 Å². The van der Waals surface area contributed by atoms with Crippen LogP contribution in [0.1, 0.15) is 38.3 Å². The maximum Gasteiger partial charge on any atom is 0.279 e. The van der Waals surface area contributed by atoms with Crippen molar-refractivity contribution >= 4 is 11.8 Å². The molecule has 0 aliphatic rings. The minimum atomic E-state index is -0.750. The Morgan fingerprint density at radius 2 is 1.50 bits per heavy atom. The molecule has 0 bridgehead atoms. The number of amides is 2. The third-order valence-corrected chi connectivity index (χ3v) is 4.21. The fourth-order valence-electron chi connectivity index (χ4n) is 2.53. The topological polar surface area (TPSA) is 76.7 Å². The Bertz CT molecular complexity index is 757. The van der Waals surface area contributed by atoms with Crippen LogP contribution in [0.3, 0.4) is 0 Å². The summed E-state index contributed by atoms with van der Waals surface area (Å²) in [4.78, 5) is 24.0. The monoisotopic (exact) mass is 384 g/mol. The Labute approximate surface area is 166 Å². The minimum Gasteiger partial charge on any atom is -0.494 e. The number of carbonyl (C=O) groups excluding carboxylic acids is 2. The van der Waals surface area contributed by atoms with E-state index in [1.54, 1.807) is 31.2 Å². The van der Waals surface area contributed by atoms with Gasteiger partial charge in [-0.2, -0.15) is 0 Å². The van der Waals surface area contributed by atoms with Gasteiger partial charge in [-0.3, -0.25) is 20.4 Å². The van der Waals surface area contributed by atoms with Crippen LogP contribution in [-0.2, 0) is 22.4 Å². The highest BCUT2D eigenvalue weighted by molar-refractivity contribution is 5.84. The average molecular weight is 384 g/mol. The second kappa shape index (κ2) is 11.0. The Morgan fingerprint density at radius 3 is 2.11 bits per heavy atom. The summed E-state index contributed by atoms with van der Waals surface area (Å²) in [7, 11) is 0. The van der Waals surface area contributed by atoms with E-state index in [0.29, 0.717) is 25.2 Å². The first-order valence-electron chi connectivity index (χ1n) is 9.57. The molecule has 150 valence electrons. The van der Waals surface area contributed by atoms with Crippen LogP contribution in [0.4, 0.5) is 0 Å². The van der Waals surface area contributed by atoms with Crippen molar-refractivity contribution in [3.8, 4) is 11.5 Å². The van der Waals surface area contributed by atoms with E-state index in [1.807, 2.05) is 19.1 Å². The lowest BCUT2D eigenvalue weighted by atomic mass is 10.1. The summed E-state index contributed by atoms with van der Waals surface area (Å²) in [5.74, 6) is 0.618. The molecule has 2 aromatic carbocycles. The third-order valence-electron chi connectivity index (χ3n) is 4.21. The molecule has 0 spiro atoms. The fraction of sp³-hybridized carbons (Fsp3) is 0.364. The van der Waals surface area contributed by atoms with Crippen LogP contribution in [0.5, 0.6) is 11.5 Å². The van der Waals surface area contributed by atoms with Crippen molar-refractivity contribution in [3.63, 3.8) is 0 Å². The lowest BCUT2D eigenvalue weighted by molar-refractivity contribution is -0.132. The van der Waals surface area contributed by atoms with Gasteiger partial charge in [0.05, 0.1) is 6.61 Å². The first kappa shape index (κ1) is 21.3. The van der Waals surface area contributed by atoms with Crippen LogP contribution >= 0.6 is 0 Å². The van der Waals surface area contributed by atoms with E-state index in [-0.39, 0.29) is 5.91 Å². The van der Waals surface area contributed by atoms with Crippen LogP contribution in [0.15, 0.2) is 48.5 Å². The first-order valence-corrected chi connectivity index (χ1v) is 9.57. The molecule has 2 rings (SSSR count). The Morgan fingerprint density at radius 1 is 0.893 bits per heavy atom. The molecule has 0 aliphatic heterocycles. The quantitative estimate of drug-likeness (QED) is 0.651. The fourth-order valence-corrected chi connectivity index (χ4v) is 2.53. The number of hydrogen-bond acceptors (Lipinski definition) is 4. The Balaban J connectivity index is 1.71. The minimum absolute atomic E-state index is 0.249. The van der Waals surface area contributed by atoms with Crippen molar-refractivity contribution in [2.45, 2.75) is 46.1 Å². The molecule has 0 radical (unpaired) electrons. The smallest absolute Gasteiger partial charge is 0.279 e. The molecule has 0 saturated heterocycles. The third kappa shape index (κ3) is 6.95. The van der Waals surface area contributed by atoms with Gasteiger partial charge in [-0.1, -0.05) is 31.2 Å². The van der Waals surface area contributed by atoms with E-state index in [9.17, 15) is 9.59 Å². The number of nitrogens with one attached hydrogen (secondary N) is 2. The summed E-state index contributed by atoms with van der Waals surface area (Å²) in [6, 6.07) is 15.2. The van der Waals surface area contributed by atoms with E-state index < -0.39 is 12.0 Å². The highest BCUT2D eigenvalue weighted by Gasteiger charge is 2.15. The number of carbonyl (C=O) groups is 2. The molecule has 2 amide bonds. The molecule has 0 fully saturated rings. The molecule has 0 unspecified atom stereocenters. The van der Waals surface area contributed by atoms with Crippen LogP contribution in [0, 0.1) is 0 Å². The molecule has 28 heavy (non-hydrogen) atoms. The van der Waals surface area contributed by atoms with Crippen LogP contribution in [0.25, 0.3) is 0 Å². The zero-order chi connectivity index (χ0) is 20.4. The summed E-state index contributed by atoms with van der Waals surface area (Å²) < 4.78 is 10.9. The number of aryl methyl sites for hydroxylation is 2. The summed E-state index contributed by atoms with van der Waals surface area (Å²) in [5.41, 5.74) is 7.18. The molecule has 0 aliphatic carbocycles. The van der Waals surface area contributed by atoms with E-state index in [4.69, 9.17) is 9.47 Å². The Kier molecular flexibility index (Phi) is 8.34. The van der Waals surface area contributed by atoms with Crippen LogP contribution in [-0.4, -0.2) is 24.5 Å². The predicted octanol–water partition coefficient (Wildman–Crippen LogP) is 3.20. The van der Waals surface area contributed by atoms with Gasteiger partial charge in [-0.05, 0) is 62.1 Å². The lowest BCUT2D eigenvalue weighted by Crippen LogP contribution is -2.47. The maximum atomic E-state index is 12.1. The molecule has 1 atom stereocenters. The highest BCUT2D eigenvalue weighted by atomic mass is 16.5. The highest BCUT2D eigenvalue weighted by Crippen LogP contribution is 2.18. The maximum absolute atomic E-state index is 12.1. The van der Waals surface area contributed by atoms with Crippen molar-refractivity contribution in [1.82, 2.24) is 10.9 Å². The van der Waals surface area contributed by atoms with Crippen molar-refractivity contribution in [2.24, 2.45) is 0 Å². The summed E-state index contributed by atoms with van der Waals surface area (Å²) in [6.45, 7) is 6.22. The number of hydrazine groups is 1. The van der Waals surface area contributed by atoms with Gasteiger partial charge in [-0.15, -0.1) is 0 Å². The van der Waals surface area contributed by atoms with Gasteiger partial charge in [0.25, 0.3) is 5.91 Å². The zero-order valence-corrected chi connectivity index (χ0v) is 16.7. The number of hydrogen-bond donors (Lipinski definition) is 2. The van der Waals surface area contributed by atoms with Crippen molar-refractivity contribution < 1.29 is 19.1 Å². The standard InChI is InChI=1S/C22H28N2O4/c1-4-17-6-8-18(9-7-17)10-15-21(25)23-24-22(26)16(3)28-20-13-11-19(12-14-20)27-5-2/h6-9,11-14,16H,4-5,10,15H2,1-3H3,(H,23,25)(H,24,26)/t16-/m0/s1. The van der Waals surface area contributed by atoms with Crippen molar-refractivity contribution in [1.29, 1.82) is 0 Å². The Hall–Kier alpha value is -3.02. The van der Waals surface area contributed by atoms with Crippen molar-refractivity contribution in [3.05, 3.63) is 59.7 Å². The van der Waals surface area contributed by atoms with Gasteiger partial charge in [0, 0.05) is 6.42 Å². The molecule has 2 aromatic rings. The van der Waals surface area contributed by atoms with Gasteiger partial charge >= 0.3 is 0 Å². The second-order valence-electron chi connectivity index (χ2n) is 6.37. The average Bonchev–Trinajstić information content (AvgIpc) is 2.72. The molecular weight excluding hydrogens is 356 g/mol. The SMILES string of the molecule is CCOc1ccc(O[C@@H](C)C(=O)NNC(=O)CCc2ccc(CC)cc2)cc1. The molecule has 0 saturated carbocycles. The zero-order valence-electron chi connectivity index (χ0n) is 16.7. The lowest BCUT2D eigenvalue weighted by Gasteiger charge is -2.15. The summed E-state index contributed by atoms with van der Waals surface area (Å²) in [5, 5.41) is 0. The molecular formula is C22H28N2O4. The summed E-state index contributed by atoms with van der Waals surface area (Å²) in [6.07, 6.45) is 1.15. The largest absolute Gasteiger partial charge is 0.494 e. The van der Waals surface area contributed by atoms with E-state index >= 15 is 0 Å². The van der Waals surface area contributed by atoms with Gasteiger partial charge in [-0.25, -0.2) is 0 Å². The van der Waals surface area contributed by atoms with Crippen molar-refractivity contribution in [2.75, 3.05) is 6.61 Å². The van der Waals surface area contributed by atoms with E-state index in [2.05, 4.69) is 29.9 Å². The van der Waals surface area contributed by atoms with E-state index in [0.717, 1.165) is 17.7 Å².